The number of benzene rings is 1. The second kappa shape index (κ2) is 7.46. The van der Waals surface area contributed by atoms with Crippen molar-refractivity contribution < 1.29 is 18.3 Å². The minimum absolute atomic E-state index is 0.130. The van der Waals surface area contributed by atoms with Gasteiger partial charge in [0, 0.05) is 36.4 Å². The number of aryl methyl sites for hydroxylation is 1. The smallest absolute Gasteiger partial charge is 0.396 e. The van der Waals surface area contributed by atoms with Crippen molar-refractivity contribution >= 4 is 5.82 Å². The third-order valence-electron chi connectivity index (χ3n) is 5.66. The lowest BCUT2D eigenvalue weighted by molar-refractivity contribution is -0.138. The van der Waals surface area contributed by atoms with Crippen molar-refractivity contribution in [2.24, 2.45) is 5.41 Å². The van der Waals surface area contributed by atoms with Crippen LogP contribution in [0.4, 0.5) is 19.0 Å². The van der Waals surface area contributed by atoms with E-state index in [2.05, 4.69) is 14.9 Å². The van der Waals surface area contributed by atoms with Gasteiger partial charge >= 0.3 is 6.18 Å². The predicted octanol–water partition coefficient (Wildman–Crippen LogP) is 3.93. The molecule has 2 aromatic rings. The molecular formula is C20H24F3N3O. The average molecular weight is 379 g/mol. The quantitative estimate of drug-likeness (QED) is 0.874. The molecule has 2 heterocycles. The summed E-state index contributed by atoms with van der Waals surface area (Å²) in [4.78, 5) is 10.7. The molecule has 7 heteroatoms. The molecule has 1 saturated heterocycles. The summed E-state index contributed by atoms with van der Waals surface area (Å²) in [7, 11) is 0. The first-order chi connectivity index (χ1) is 12.8. The molecule has 27 heavy (non-hydrogen) atoms. The monoisotopic (exact) mass is 379 g/mol. The first-order valence-corrected chi connectivity index (χ1v) is 9.05. The first kappa shape index (κ1) is 19.6. The number of hydrogen-bond acceptors (Lipinski definition) is 4. The SMILES string of the molecule is Cc1ncnc(N2CCC(CO)(Cc3ccccc3C(F)(F)F)CC2)c1C. The molecule has 0 amide bonds. The fraction of sp³-hybridized carbons (Fsp3) is 0.500. The highest BCUT2D eigenvalue weighted by molar-refractivity contribution is 5.48. The lowest BCUT2D eigenvalue weighted by atomic mass is 9.73. The minimum Gasteiger partial charge on any atom is -0.396 e. The van der Waals surface area contributed by atoms with Crippen LogP contribution in [0.5, 0.6) is 0 Å². The Labute approximate surface area is 157 Å². The van der Waals surface area contributed by atoms with Crippen molar-refractivity contribution in [3.8, 4) is 0 Å². The van der Waals surface area contributed by atoms with E-state index in [4.69, 9.17) is 0 Å². The molecule has 1 aromatic carbocycles. The van der Waals surface area contributed by atoms with Crippen LogP contribution in [0.3, 0.4) is 0 Å². The average Bonchev–Trinajstić information content (AvgIpc) is 2.64. The second-order valence-electron chi connectivity index (χ2n) is 7.38. The lowest BCUT2D eigenvalue weighted by Crippen LogP contribution is -2.44. The zero-order chi connectivity index (χ0) is 19.7. The van der Waals surface area contributed by atoms with E-state index in [1.165, 1.54) is 18.5 Å². The van der Waals surface area contributed by atoms with E-state index >= 15 is 0 Å². The van der Waals surface area contributed by atoms with E-state index < -0.39 is 17.2 Å². The van der Waals surface area contributed by atoms with Gasteiger partial charge in [-0.25, -0.2) is 9.97 Å². The zero-order valence-corrected chi connectivity index (χ0v) is 15.6. The van der Waals surface area contributed by atoms with Gasteiger partial charge in [0.1, 0.15) is 12.1 Å². The Morgan fingerprint density at radius 2 is 1.78 bits per heavy atom. The summed E-state index contributed by atoms with van der Waals surface area (Å²) in [6.45, 7) is 5.06. The van der Waals surface area contributed by atoms with E-state index in [-0.39, 0.29) is 18.6 Å². The highest BCUT2D eigenvalue weighted by atomic mass is 19.4. The van der Waals surface area contributed by atoms with E-state index in [1.54, 1.807) is 6.07 Å². The van der Waals surface area contributed by atoms with Crippen molar-refractivity contribution in [3.63, 3.8) is 0 Å². The third kappa shape index (κ3) is 4.08. The van der Waals surface area contributed by atoms with Crippen LogP contribution in [0.15, 0.2) is 30.6 Å². The Morgan fingerprint density at radius 1 is 1.11 bits per heavy atom. The fourth-order valence-corrected chi connectivity index (χ4v) is 3.78. The van der Waals surface area contributed by atoms with Gasteiger partial charge in [0.15, 0.2) is 0 Å². The molecule has 0 bridgehead atoms. The molecule has 1 fully saturated rings. The van der Waals surface area contributed by atoms with E-state index in [0.717, 1.165) is 23.1 Å². The number of nitrogens with zero attached hydrogens (tertiary/aromatic N) is 3. The summed E-state index contributed by atoms with van der Waals surface area (Å²) in [5.74, 6) is 0.865. The maximum atomic E-state index is 13.3. The number of halogens is 3. The molecule has 3 rings (SSSR count). The van der Waals surface area contributed by atoms with E-state index in [1.807, 2.05) is 13.8 Å². The molecule has 1 aromatic heterocycles. The number of aliphatic hydroxyl groups is 1. The Balaban J connectivity index is 1.79. The molecule has 0 aliphatic carbocycles. The topological polar surface area (TPSA) is 49.2 Å². The largest absolute Gasteiger partial charge is 0.416 e. The van der Waals surface area contributed by atoms with Crippen molar-refractivity contribution in [3.05, 3.63) is 53.0 Å². The molecule has 4 nitrogen and oxygen atoms in total. The number of piperidine rings is 1. The number of anilines is 1. The first-order valence-electron chi connectivity index (χ1n) is 9.05. The highest BCUT2D eigenvalue weighted by Crippen LogP contribution is 2.40. The van der Waals surface area contributed by atoms with Crippen LogP contribution in [0.2, 0.25) is 0 Å². The molecule has 1 N–H and O–H groups in total. The summed E-state index contributed by atoms with van der Waals surface area (Å²) in [5.41, 5.74) is 1.02. The van der Waals surface area contributed by atoms with Crippen molar-refractivity contribution in [1.82, 2.24) is 9.97 Å². The van der Waals surface area contributed by atoms with Gasteiger partial charge in [-0.2, -0.15) is 13.2 Å². The number of aromatic nitrogens is 2. The van der Waals surface area contributed by atoms with Crippen molar-refractivity contribution in [2.75, 3.05) is 24.6 Å². The summed E-state index contributed by atoms with van der Waals surface area (Å²) >= 11 is 0. The van der Waals surface area contributed by atoms with Gasteiger partial charge in [0.2, 0.25) is 0 Å². The van der Waals surface area contributed by atoms with Gasteiger partial charge in [-0.3, -0.25) is 0 Å². The number of rotatable bonds is 4. The molecule has 1 aliphatic rings. The van der Waals surface area contributed by atoms with Crippen LogP contribution < -0.4 is 4.90 Å². The number of hydrogen-bond donors (Lipinski definition) is 1. The molecule has 0 atom stereocenters. The Hall–Kier alpha value is -2.15. The van der Waals surface area contributed by atoms with Gasteiger partial charge in [-0.15, -0.1) is 0 Å². The van der Waals surface area contributed by atoms with Gasteiger partial charge < -0.3 is 10.0 Å². The summed E-state index contributed by atoms with van der Waals surface area (Å²) in [6, 6.07) is 5.66. The van der Waals surface area contributed by atoms with Crippen molar-refractivity contribution in [2.45, 2.75) is 39.3 Å². The van der Waals surface area contributed by atoms with Gasteiger partial charge in [0.05, 0.1) is 5.56 Å². The van der Waals surface area contributed by atoms with Crippen LogP contribution in [0.1, 0.15) is 35.2 Å². The normalized spacial score (nSPS) is 17.2. The van der Waals surface area contributed by atoms with Gasteiger partial charge in [-0.1, -0.05) is 18.2 Å². The maximum absolute atomic E-state index is 13.3. The van der Waals surface area contributed by atoms with Crippen molar-refractivity contribution in [1.29, 1.82) is 0 Å². The standard InChI is InChI=1S/C20H24F3N3O/c1-14-15(2)24-13-25-18(14)26-9-7-19(12-27,8-10-26)11-16-5-3-4-6-17(16)20(21,22)23/h3-6,13,27H,7-12H2,1-2H3. The van der Waals surface area contributed by atoms with E-state index in [9.17, 15) is 18.3 Å². The van der Waals surface area contributed by atoms with Crippen LogP contribution in [-0.4, -0.2) is 34.8 Å². The Morgan fingerprint density at radius 3 is 2.41 bits per heavy atom. The second-order valence-corrected chi connectivity index (χ2v) is 7.38. The number of alkyl halides is 3. The predicted molar refractivity (Wildman–Crippen MR) is 97.6 cm³/mol. The Bertz CT molecular complexity index is 799. The zero-order valence-electron chi connectivity index (χ0n) is 15.6. The molecule has 0 radical (unpaired) electrons. The third-order valence-corrected chi connectivity index (χ3v) is 5.66. The van der Waals surface area contributed by atoms with Crippen LogP contribution in [-0.2, 0) is 12.6 Å². The minimum atomic E-state index is -4.39. The maximum Gasteiger partial charge on any atom is 0.416 e. The molecule has 0 spiro atoms. The number of aliphatic hydroxyl groups excluding tert-OH is 1. The molecule has 1 aliphatic heterocycles. The van der Waals surface area contributed by atoms with Gasteiger partial charge in [-0.05, 0) is 44.7 Å². The highest BCUT2D eigenvalue weighted by Gasteiger charge is 2.39. The Kier molecular flexibility index (Phi) is 5.42. The lowest BCUT2D eigenvalue weighted by Gasteiger charge is -2.42. The summed E-state index contributed by atoms with van der Waals surface area (Å²) in [6.07, 6.45) is -1.42. The van der Waals surface area contributed by atoms with Gasteiger partial charge in [0.25, 0.3) is 0 Å². The summed E-state index contributed by atoms with van der Waals surface area (Å²) < 4.78 is 39.9. The van der Waals surface area contributed by atoms with E-state index in [0.29, 0.717) is 25.9 Å². The summed E-state index contributed by atoms with van der Waals surface area (Å²) in [5, 5.41) is 10.0. The molecular weight excluding hydrogens is 355 g/mol. The molecule has 0 unspecified atom stereocenters. The molecule has 146 valence electrons. The van der Waals surface area contributed by atoms with Crippen LogP contribution in [0.25, 0.3) is 0 Å². The van der Waals surface area contributed by atoms with Crippen LogP contribution in [0, 0.1) is 19.3 Å². The fourth-order valence-electron chi connectivity index (χ4n) is 3.78. The van der Waals surface area contributed by atoms with Crippen LogP contribution >= 0.6 is 0 Å². The molecule has 0 saturated carbocycles.